The van der Waals surface area contributed by atoms with Crippen LogP contribution in [0.3, 0.4) is 0 Å². The van der Waals surface area contributed by atoms with Crippen LogP contribution in [-0.4, -0.2) is 9.55 Å². The minimum absolute atomic E-state index is 1.06. The SMILES string of the molecule is CCCCCCCCCCCCn1c(-c2cccc(C)c2)nc2ccccc21. The zero-order valence-corrected chi connectivity index (χ0v) is 17.8. The molecule has 0 saturated carbocycles. The van der Waals surface area contributed by atoms with E-state index in [0.29, 0.717) is 0 Å². The van der Waals surface area contributed by atoms with Crippen LogP contribution in [-0.2, 0) is 6.54 Å². The minimum Gasteiger partial charge on any atom is -0.324 e. The summed E-state index contributed by atoms with van der Waals surface area (Å²) in [4.78, 5) is 4.95. The molecule has 2 heteroatoms. The molecule has 150 valence electrons. The second kappa shape index (κ2) is 11.0. The Kier molecular flexibility index (Phi) is 8.14. The normalized spacial score (nSPS) is 11.4. The number of benzene rings is 2. The van der Waals surface area contributed by atoms with Crippen molar-refractivity contribution in [2.75, 3.05) is 0 Å². The van der Waals surface area contributed by atoms with Crippen LogP contribution in [0.4, 0.5) is 0 Å². The average molecular weight is 377 g/mol. The van der Waals surface area contributed by atoms with E-state index in [1.54, 1.807) is 0 Å². The highest BCUT2D eigenvalue weighted by atomic mass is 15.1. The first-order valence-electron chi connectivity index (χ1n) is 11.3. The summed E-state index contributed by atoms with van der Waals surface area (Å²) in [7, 11) is 0. The van der Waals surface area contributed by atoms with E-state index in [2.05, 4.69) is 66.9 Å². The number of imidazole rings is 1. The molecule has 1 aromatic heterocycles. The van der Waals surface area contributed by atoms with Gasteiger partial charge in [-0.15, -0.1) is 0 Å². The number of fused-ring (bicyclic) bond motifs is 1. The van der Waals surface area contributed by atoms with Crippen molar-refractivity contribution in [3.8, 4) is 11.4 Å². The lowest BCUT2D eigenvalue weighted by Crippen LogP contribution is -2.01. The van der Waals surface area contributed by atoms with Gasteiger partial charge in [0.15, 0.2) is 0 Å². The predicted molar refractivity (Wildman–Crippen MR) is 122 cm³/mol. The monoisotopic (exact) mass is 376 g/mol. The van der Waals surface area contributed by atoms with Gasteiger partial charge in [0, 0.05) is 12.1 Å². The maximum Gasteiger partial charge on any atom is 0.141 e. The van der Waals surface area contributed by atoms with Crippen LogP contribution in [0, 0.1) is 6.92 Å². The minimum atomic E-state index is 1.06. The molecule has 2 aromatic carbocycles. The Morgan fingerprint density at radius 3 is 2.14 bits per heavy atom. The number of aromatic nitrogens is 2. The van der Waals surface area contributed by atoms with E-state index in [-0.39, 0.29) is 0 Å². The second-order valence-corrected chi connectivity index (χ2v) is 8.13. The highest BCUT2D eigenvalue weighted by Crippen LogP contribution is 2.26. The summed E-state index contributed by atoms with van der Waals surface area (Å²) in [6.07, 6.45) is 13.7. The van der Waals surface area contributed by atoms with Crippen molar-refractivity contribution in [3.05, 3.63) is 54.1 Å². The quantitative estimate of drug-likeness (QED) is 0.293. The van der Waals surface area contributed by atoms with E-state index in [1.165, 1.54) is 80.9 Å². The lowest BCUT2D eigenvalue weighted by molar-refractivity contribution is 0.539. The van der Waals surface area contributed by atoms with Crippen LogP contribution in [0.2, 0.25) is 0 Å². The number of aryl methyl sites for hydroxylation is 2. The molecule has 0 saturated heterocycles. The lowest BCUT2D eigenvalue weighted by Gasteiger charge is -2.10. The molecule has 3 rings (SSSR count). The molecule has 0 unspecified atom stereocenters. The first-order chi connectivity index (χ1) is 13.8. The van der Waals surface area contributed by atoms with Crippen molar-refractivity contribution < 1.29 is 0 Å². The molecule has 0 amide bonds. The summed E-state index contributed by atoms with van der Waals surface area (Å²) in [5.41, 5.74) is 4.87. The molecule has 0 radical (unpaired) electrons. The fourth-order valence-electron chi connectivity index (χ4n) is 4.06. The van der Waals surface area contributed by atoms with Crippen molar-refractivity contribution in [2.45, 2.75) is 84.6 Å². The Morgan fingerprint density at radius 1 is 0.750 bits per heavy atom. The summed E-state index contributed by atoms with van der Waals surface area (Å²) < 4.78 is 2.43. The van der Waals surface area contributed by atoms with Gasteiger partial charge in [0.2, 0.25) is 0 Å². The Morgan fingerprint density at radius 2 is 1.43 bits per heavy atom. The highest BCUT2D eigenvalue weighted by molar-refractivity contribution is 5.80. The van der Waals surface area contributed by atoms with Crippen LogP contribution in [0.1, 0.15) is 76.7 Å². The molecule has 0 aliphatic carbocycles. The van der Waals surface area contributed by atoms with Gasteiger partial charge in [0.25, 0.3) is 0 Å². The van der Waals surface area contributed by atoms with Crippen LogP contribution in [0.15, 0.2) is 48.5 Å². The van der Waals surface area contributed by atoms with E-state index in [9.17, 15) is 0 Å². The number of nitrogens with zero attached hydrogens (tertiary/aromatic N) is 2. The van der Waals surface area contributed by atoms with Gasteiger partial charge in [-0.1, -0.05) is 101 Å². The highest BCUT2D eigenvalue weighted by Gasteiger charge is 2.12. The number of rotatable bonds is 12. The summed E-state index contributed by atoms with van der Waals surface area (Å²) in [5, 5.41) is 0. The van der Waals surface area contributed by atoms with Crippen molar-refractivity contribution in [1.29, 1.82) is 0 Å². The standard InChI is InChI=1S/C26H36N2/c1-3-4-5-6-7-8-9-10-11-14-20-28-25-19-13-12-18-24(25)27-26(28)23-17-15-16-22(2)21-23/h12-13,15-19,21H,3-11,14,20H2,1-2H3. The van der Waals surface area contributed by atoms with E-state index < -0.39 is 0 Å². The smallest absolute Gasteiger partial charge is 0.141 e. The van der Waals surface area contributed by atoms with Gasteiger partial charge in [-0.2, -0.15) is 0 Å². The molecule has 1 heterocycles. The van der Waals surface area contributed by atoms with Gasteiger partial charge in [-0.25, -0.2) is 4.98 Å². The van der Waals surface area contributed by atoms with Gasteiger partial charge >= 0.3 is 0 Å². The van der Waals surface area contributed by atoms with Gasteiger partial charge in [0.1, 0.15) is 5.82 Å². The number of para-hydroxylation sites is 2. The molecule has 0 aliphatic rings. The Hall–Kier alpha value is -2.09. The van der Waals surface area contributed by atoms with Gasteiger partial charge < -0.3 is 4.57 Å². The van der Waals surface area contributed by atoms with Crippen molar-refractivity contribution in [1.82, 2.24) is 9.55 Å². The van der Waals surface area contributed by atoms with E-state index in [4.69, 9.17) is 4.98 Å². The van der Waals surface area contributed by atoms with Crippen LogP contribution >= 0.6 is 0 Å². The predicted octanol–water partition coefficient (Wildman–Crippen LogP) is 7.93. The molecule has 0 fully saturated rings. The molecule has 3 aromatic rings. The molecule has 28 heavy (non-hydrogen) atoms. The second-order valence-electron chi connectivity index (χ2n) is 8.13. The molecule has 0 spiro atoms. The zero-order chi connectivity index (χ0) is 19.6. The zero-order valence-electron chi connectivity index (χ0n) is 17.8. The Bertz CT molecular complexity index is 847. The van der Waals surface area contributed by atoms with E-state index in [0.717, 1.165) is 17.9 Å². The van der Waals surface area contributed by atoms with Gasteiger partial charge in [-0.3, -0.25) is 0 Å². The fourth-order valence-corrected chi connectivity index (χ4v) is 4.06. The summed E-state index contributed by atoms with van der Waals surface area (Å²) in [5.74, 6) is 1.11. The first-order valence-corrected chi connectivity index (χ1v) is 11.3. The fraction of sp³-hybridized carbons (Fsp3) is 0.500. The van der Waals surface area contributed by atoms with Crippen molar-refractivity contribution in [2.24, 2.45) is 0 Å². The number of hydrogen-bond donors (Lipinski definition) is 0. The number of unbranched alkanes of at least 4 members (excludes halogenated alkanes) is 9. The maximum atomic E-state index is 4.95. The van der Waals surface area contributed by atoms with Gasteiger partial charge in [0.05, 0.1) is 11.0 Å². The Balaban J connectivity index is 1.55. The molecule has 0 atom stereocenters. The summed E-state index contributed by atoms with van der Waals surface area (Å²) in [6, 6.07) is 17.3. The average Bonchev–Trinajstić information content (AvgIpc) is 3.08. The van der Waals surface area contributed by atoms with Gasteiger partial charge in [-0.05, 0) is 31.5 Å². The first kappa shape index (κ1) is 20.6. The third-order valence-electron chi connectivity index (χ3n) is 5.67. The van der Waals surface area contributed by atoms with Crippen LogP contribution < -0.4 is 0 Å². The molecule has 0 bridgehead atoms. The summed E-state index contributed by atoms with van der Waals surface area (Å²) >= 11 is 0. The lowest BCUT2D eigenvalue weighted by atomic mass is 10.1. The molecule has 0 N–H and O–H groups in total. The largest absolute Gasteiger partial charge is 0.324 e. The van der Waals surface area contributed by atoms with Crippen molar-refractivity contribution >= 4 is 11.0 Å². The summed E-state index contributed by atoms with van der Waals surface area (Å²) in [6.45, 7) is 5.49. The molecular weight excluding hydrogens is 340 g/mol. The third kappa shape index (κ3) is 5.70. The Labute approximate surface area is 171 Å². The topological polar surface area (TPSA) is 17.8 Å². The third-order valence-corrected chi connectivity index (χ3v) is 5.67. The number of hydrogen-bond acceptors (Lipinski definition) is 1. The molecule has 2 nitrogen and oxygen atoms in total. The van der Waals surface area contributed by atoms with E-state index in [1.807, 2.05) is 0 Å². The van der Waals surface area contributed by atoms with E-state index >= 15 is 0 Å². The molecule has 0 aliphatic heterocycles. The van der Waals surface area contributed by atoms with Crippen LogP contribution in [0.25, 0.3) is 22.4 Å². The van der Waals surface area contributed by atoms with Crippen LogP contribution in [0.5, 0.6) is 0 Å². The molecular formula is C26H36N2. The maximum absolute atomic E-state index is 4.95. The van der Waals surface area contributed by atoms with Crippen molar-refractivity contribution in [3.63, 3.8) is 0 Å².